The summed E-state index contributed by atoms with van der Waals surface area (Å²) in [5, 5.41) is 11.6. The van der Waals surface area contributed by atoms with Crippen LogP contribution >= 0.6 is 19.2 Å². The highest BCUT2D eigenvalue weighted by molar-refractivity contribution is 7.53. The second-order valence-electron chi connectivity index (χ2n) is 9.24. The molecular weight excluding hydrogens is 521 g/mol. The highest BCUT2D eigenvalue weighted by Gasteiger charge is 2.77. The van der Waals surface area contributed by atoms with Crippen molar-refractivity contribution in [2.24, 2.45) is 5.41 Å². The lowest BCUT2D eigenvalue weighted by atomic mass is 9.94. The van der Waals surface area contributed by atoms with Crippen molar-refractivity contribution in [1.29, 1.82) is 0 Å². The summed E-state index contributed by atoms with van der Waals surface area (Å²) in [7, 11) is -3.28. The van der Waals surface area contributed by atoms with Crippen LogP contribution in [0.1, 0.15) is 31.9 Å². The average molecular weight is 552 g/mol. The summed E-state index contributed by atoms with van der Waals surface area (Å²) >= 11 is 6.07. The Bertz CT molecular complexity index is 1290. The number of benzene rings is 1. The monoisotopic (exact) mass is 551 g/mol. The Hall–Kier alpha value is -2.11. The SMILES string of the molecule is CCOP(=O)(CC[C@H]1O[C@H]2C(n3cnc4c(N)nc(Cl)nc43)C2(COCc2ccccc2)C1O)OCC. The molecule has 0 bridgehead atoms. The molecule has 3 aromatic rings. The quantitative estimate of drug-likeness (QED) is 0.253. The predicted molar refractivity (Wildman–Crippen MR) is 137 cm³/mol. The van der Waals surface area contributed by atoms with Crippen molar-refractivity contribution in [1.82, 2.24) is 19.5 Å². The van der Waals surface area contributed by atoms with Gasteiger partial charge in [-0.25, -0.2) is 4.98 Å². The first-order valence-corrected chi connectivity index (χ1v) is 14.4. The fraction of sp³-hybridized carbons (Fsp3) is 0.542. The molecule has 1 aliphatic heterocycles. The molecule has 3 heterocycles. The zero-order valence-electron chi connectivity index (χ0n) is 20.7. The van der Waals surface area contributed by atoms with Crippen LogP contribution in [-0.2, 0) is 29.7 Å². The third kappa shape index (κ3) is 4.90. The minimum Gasteiger partial charge on any atom is -0.390 e. The van der Waals surface area contributed by atoms with Crippen LogP contribution in [0.2, 0.25) is 5.28 Å². The molecule has 0 amide bonds. The second-order valence-corrected chi connectivity index (χ2v) is 11.8. The van der Waals surface area contributed by atoms with Crippen LogP contribution in [0.15, 0.2) is 36.7 Å². The van der Waals surface area contributed by atoms with E-state index in [1.54, 1.807) is 20.2 Å². The molecular formula is C24H31ClN5O6P. The average Bonchev–Trinajstić information content (AvgIpc) is 3.13. The number of nitrogens with two attached hydrogens (primary N) is 1. The summed E-state index contributed by atoms with van der Waals surface area (Å²) in [4.78, 5) is 12.7. The number of aliphatic hydroxyl groups is 1. The zero-order valence-corrected chi connectivity index (χ0v) is 22.3. The molecule has 3 unspecified atom stereocenters. The van der Waals surface area contributed by atoms with E-state index in [0.717, 1.165) is 5.56 Å². The molecule has 0 spiro atoms. The Balaban J connectivity index is 1.38. The summed E-state index contributed by atoms with van der Waals surface area (Å²) in [6.07, 6.45) is 0.220. The smallest absolute Gasteiger partial charge is 0.330 e. The van der Waals surface area contributed by atoms with E-state index in [-0.39, 0.29) is 49.2 Å². The Labute approximate surface area is 219 Å². The summed E-state index contributed by atoms with van der Waals surface area (Å²) in [6, 6.07) is 9.49. The number of imidazole rings is 1. The van der Waals surface area contributed by atoms with Crippen LogP contribution < -0.4 is 5.73 Å². The number of anilines is 1. The molecule has 13 heteroatoms. The molecule has 11 nitrogen and oxygen atoms in total. The molecule has 1 aliphatic carbocycles. The lowest BCUT2D eigenvalue weighted by Crippen LogP contribution is -2.37. The Morgan fingerprint density at radius 1 is 1.22 bits per heavy atom. The number of fused-ring (bicyclic) bond motifs is 2. The Kier molecular flexibility index (Phi) is 7.57. The highest BCUT2D eigenvalue weighted by Crippen LogP contribution is 2.67. The Morgan fingerprint density at radius 2 is 1.95 bits per heavy atom. The molecule has 200 valence electrons. The number of halogens is 1. The van der Waals surface area contributed by atoms with Crippen molar-refractivity contribution in [3.05, 3.63) is 47.5 Å². The summed E-state index contributed by atoms with van der Waals surface area (Å²) in [6.45, 7) is 4.70. The van der Waals surface area contributed by atoms with Gasteiger partial charge in [0, 0.05) is 0 Å². The normalized spacial score (nSPS) is 27.0. The number of aliphatic hydroxyl groups excluding tert-OH is 1. The fourth-order valence-electron chi connectivity index (χ4n) is 5.32. The number of rotatable bonds is 12. The maximum atomic E-state index is 13.0. The van der Waals surface area contributed by atoms with E-state index in [4.69, 9.17) is 35.9 Å². The topological polar surface area (TPSA) is 144 Å². The van der Waals surface area contributed by atoms with Crippen LogP contribution in [-0.4, -0.2) is 68.9 Å². The van der Waals surface area contributed by atoms with Crippen molar-refractivity contribution in [2.75, 3.05) is 31.7 Å². The molecule has 3 N–H and O–H groups in total. The van der Waals surface area contributed by atoms with E-state index in [1.807, 2.05) is 34.9 Å². The summed E-state index contributed by atoms with van der Waals surface area (Å²) < 4.78 is 38.1. The van der Waals surface area contributed by atoms with Gasteiger partial charge in [0.25, 0.3) is 0 Å². The molecule has 1 saturated heterocycles. The minimum atomic E-state index is -3.28. The van der Waals surface area contributed by atoms with Crippen LogP contribution in [0.3, 0.4) is 0 Å². The number of ether oxygens (including phenoxy) is 2. The maximum absolute atomic E-state index is 13.0. The van der Waals surface area contributed by atoms with E-state index in [9.17, 15) is 9.67 Å². The lowest BCUT2D eigenvalue weighted by Gasteiger charge is -2.27. The Morgan fingerprint density at radius 3 is 2.65 bits per heavy atom. The molecule has 2 aliphatic rings. The van der Waals surface area contributed by atoms with Crippen LogP contribution in [0, 0.1) is 5.41 Å². The van der Waals surface area contributed by atoms with Gasteiger partial charge in [-0.3, -0.25) is 4.57 Å². The molecule has 2 fully saturated rings. The second kappa shape index (κ2) is 10.6. The molecule has 2 aromatic heterocycles. The van der Waals surface area contributed by atoms with Crippen LogP contribution in [0.4, 0.5) is 5.82 Å². The third-order valence-corrected chi connectivity index (χ3v) is 9.28. The first-order chi connectivity index (χ1) is 17.8. The van der Waals surface area contributed by atoms with Crippen LogP contribution in [0.25, 0.3) is 11.2 Å². The maximum Gasteiger partial charge on any atom is 0.330 e. The first-order valence-electron chi connectivity index (χ1n) is 12.3. The summed E-state index contributed by atoms with van der Waals surface area (Å²) in [5.41, 5.74) is 7.14. The lowest BCUT2D eigenvalue weighted by molar-refractivity contribution is -0.0352. The van der Waals surface area contributed by atoms with Crippen LogP contribution in [0.5, 0.6) is 0 Å². The van der Waals surface area contributed by atoms with E-state index in [2.05, 4.69) is 15.0 Å². The first kappa shape index (κ1) is 26.5. The highest BCUT2D eigenvalue weighted by atomic mass is 35.5. The molecule has 5 rings (SSSR count). The van der Waals surface area contributed by atoms with Gasteiger partial charge in [-0.05, 0) is 37.4 Å². The number of hydrogen-bond acceptors (Lipinski definition) is 10. The molecule has 37 heavy (non-hydrogen) atoms. The number of hydrogen-bond donors (Lipinski definition) is 2. The van der Waals surface area contributed by atoms with Gasteiger partial charge in [-0.2, -0.15) is 9.97 Å². The number of nitrogens with zero attached hydrogens (tertiary/aromatic N) is 4. The van der Waals surface area contributed by atoms with Gasteiger partial charge in [0.2, 0.25) is 5.28 Å². The van der Waals surface area contributed by atoms with Crippen molar-refractivity contribution < 1.29 is 28.2 Å². The number of nitrogen functional groups attached to an aromatic ring is 1. The van der Waals surface area contributed by atoms with E-state index >= 15 is 0 Å². The molecule has 5 atom stereocenters. The van der Waals surface area contributed by atoms with Gasteiger partial charge in [0.1, 0.15) is 5.52 Å². The predicted octanol–water partition coefficient (Wildman–Crippen LogP) is 3.60. The van der Waals surface area contributed by atoms with E-state index in [1.165, 1.54) is 0 Å². The van der Waals surface area contributed by atoms with Gasteiger partial charge in [-0.1, -0.05) is 30.3 Å². The summed E-state index contributed by atoms with van der Waals surface area (Å²) in [5.74, 6) is 0.177. The van der Waals surface area contributed by atoms with Crippen molar-refractivity contribution in [2.45, 2.75) is 51.2 Å². The number of aromatic nitrogens is 4. The molecule has 1 aromatic carbocycles. The van der Waals surface area contributed by atoms with Crippen molar-refractivity contribution in [3.63, 3.8) is 0 Å². The van der Waals surface area contributed by atoms with Gasteiger partial charge >= 0.3 is 7.60 Å². The largest absolute Gasteiger partial charge is 0.390 e. The van der Waals surface area contributed by atoms with Gasteiger partial charge in [0.05, 0.1) is 68.7 Å². The molecule has 1 saturated carbocycles. The fourth-order valence-corrected chi connectivity index (χ4v) is 7.18. The van der Waals surface area contributed by atoms with Gasteiger partial charge < -0.3 is 33.9 Å². The van der Waals surface area contributed by atoms with Gasteiger partial charge in [0.15, 0.2) is 11.5 Å². The standard InChI is InChI=1S/C24H31ClN5O6P/c1-3-34-37(32,35-4-2)11-10-16-19(31)24(13-33-12-15-8-6-5-7-9-15)18(20(24)36-16)30-14-27-17-21(26)28-23(25)29-22(17)30/h5-9,14,16,18-20,31H,3-4,10-13H2,1-2H3,(H2,26,28,29)/t16-,18?,19?,20+,24?/m1/s1. The minimum absolute atomic E-state index is 0.00822. The van der Waals surface area contributed by atoms with Crippen molar-refractivity contribution >= 4 is 36.2 Å². The van der Waals surface area contributed by atoms with Crippen molar-refractivity contribution in [3.8, 4) is 0 Å². The third-order valence-electron chi connectivity index (χ3n) is 7.01. The van der Waals surface area contributed by atoms with E-state index in [0.29, 0.717) is 24.2 Å². The van der Waals surface area contributed by atoms with E-state index < -0.39 is 25.2 Å². The zero-order chi connectivity index (χ0) is 26.2. The van der Waals surface area contributed by atoms with Gasteiger partial charge in [-0.15, -0.1) is 0 Å². The molecule has 0 radical (unpaired) electrons.